The van der Waals surface area contributed by atoms with Crippen LogP contribution in [0.4, 0.5) is 11.5 Å². The molecule has 2 aromatic heterocycles. The highest BCUT2D eigenvalue weighted by molar-refractivity contribution is 7.99. The van der Waals surface area contributed by atoms with E-state index in [-0.39, 0.29) is 21.8 Å². The van der Waals surface area contributed by atoms with Crippen LogP contribution in [0.2, 0.25) is 0 Å². The van der Waals surface area contributed by atoms with E-state index in [2.05, 4.69) is 15.0 Å². The molecule has 0 bridgehead atoms. The van der Waals surface area contributed by atoms with Gasteiger partial charge in [-0.05, 0) is 23.9 Å². The van der Waals surface area contributed by atoms with Crippen LogP contribution < -0.4 is 5.73 Å². The number of nitrogens with two attached hydrogens (primary N) is 1. The van der Waals surface area contributed by atoms with Gasteiger partial charge in [-0.3, -0.25) is 10.1 Å². The Balaban J connectivity index is 2.02. The van der Waals surface area contributed by atoms with Gasteiger partial charge in [0.1, 0.15) is 11.8 Å². The lowest BCUT2D eigenvalue weighted by molar-refractivity contribution is -0.387. The molecule has 0 spiro atoms. The molecule has 0 saturated carbocycles. The third-order valence-corrected chi connectivity index (χ3v) is 3.30. The van der Waals surface area contributed by atoms with Crippen LogP contribution in [-0.4, -0.2) is 19.9 Å². The Labute approximate surface area is 116 Å². The fraction of sp³-hybridized carbons (Fsp3) is 0. The number of anilines is 1. The molecule has 0 atom stereocenters. The zero-order valence-corrected chi connectivity index (χ0v) is 10.7. The largest absolute Gasteiger partial charge is 0.431 e. The predicted octanol–water partition coefficient (Wildman–Crippen LogP) is 2.26. The average molecular weight is 289 g/mol. The lowest BCUT2D eigenvalue weighted by atomic mass is 10.3. The van der Waals surface area contributed by atoms with Crippen molar-refractivity contribution in [3.8, 4) is 0 Å². The predicted molar refractivity (Wildman–Crippen MR) is 71.2 cm³/mol. The number of aromatic nitrogens is 3. The Morgan fingerprint density at radius 2 is 2.10 bits per heavy atom. The van der Waals surface area contributed by atoms with Crippen LogP contribution in [0.5, 0.6) is 0 Å². The molecular weight excluding hydrogens is 282 g/mol. The van der Waals surface area contributed by atoms with Crippen molar-refractivity contribution in [2.45, 2.75) is 10.2 Å². The minimum Gasteiger partial charge on any atom is -0.431 e. The minimum atomic E-state index is -0.625. The number of para-hydroxylation sites is 2. The maximum Gasteiger partial charge on any atom is 0.343 e. The number of hydrogen-bond donors (Lipinski definition) is 1. The van der Waals surface area contributed by atoms with Crippen molar-refractivity contribution in [2.75, 3.05) is 5.73 Å². The van der Waals surface area contributed by atoms with Crippen molar-refractivity contribution in [3.63, 3.8) is 0 Å². The first-order chi connectivity index (χ1) is 9.65. The molecule has 2 heterocycles. The molecule has 0 radical (unpaired) electrons. The van der Waals surface area contributed by atoms with E-state index < -0.39 is 4.92 Å². The summed E-state index contributed by atoms with van der Waals surface area (Å²) in [5.41, 5.74) is 6.41. The Morgan fingerprint density at radius 3 is 2.85 bits per heavy atom. The van der Waals surface area contributed by atoms with Crippen molar-refractivity contribution in [2.24, 2.45) is 0 Å². The van der Waals surface area contributed by atoms with E-state index in [1.165, 1.54) is 0 Å². The van der Waals surface area contributed by atoms with E-state index in [0.717, 1.165) is 18.1 Å². The van der Waals surface area contributed by atoms with Gasteiger partial charge in [0.25, 0.3) is 5.22 Å². The second kappa shape index (κ2) is 4.78. The van der Waals surface area contributed by atoms with Crippen LogP contribution in [-0.2, 0) is 0 Å². The number of fused-ring (bicyclic) bond motifs is 1. The number of nitrogen functional groups attached to an aromatic ring is 1. The molecule has 8 nitrogen and oxygen atoms in total. The topological polar surface area (TPSA) is 121 Å². The van der Waals surface area contributed by atoms with Crippen molar-refractivity contribution >= 4 is 34.4 Å². The standard InChI is InChI=1S/C11H7N5O3S/c12-9-8(16(17)18)10(14-5-13-9)20-11-15-6-3-1-2-4-7(6)19-11/h1-5H,(H2,12,13,14). The fourth-order valence-corrected chi connectivity index (χ4v) is 2.42. The van der Waals surface area contributed by atoms with E-state index >= 15 is 0 Å². The molecule has 3 aromatic rings. The van der Waals surface area contributed by atoms with Gasteiger partial charge < -0.3 is 10.2 Å². The van der Waals surface area contributed by atoms with Crippen LogP contribution in [0.25, 0.3) is 11.1 Å². The van der Waals surface area contributed by atoms with Crippen molar-refractivity contribution in [1.82, 2.24) is 15.0 Å². The molecular formula is C11H7N5O3S. The molecule has 0 fully saturated rings. The highest BCUT2D eigenvalue weighted by atomic mass is 32.2. The maximum atomic E-state index is 11.0. The second-order valence-electron chi connectivity index (χ2n) is 3.72. The van der Waals surface area contributed by atoms with Crippen LogP contribution in [0.1, 0.15) is 0 Å². The van der Waals surface area contributed by atoms with Gasteiger partial charge in [-0.1, -0.05) is 12.1 Å². The molecule has 0 amide bonds. The molecule has 20 heavy (non-hydrogen) atoms. The van der Waals surface area contributed by atoms with Crippen LogP contribution >= 0.6 is 11.8 Å². The van der Waals surface area contributed by atoms with Crippen molar-refractivity contribution in [1.29, 1.82) is 0 Å². The monoisotopic (exact) mass is 289 g/mol. The average Bonchev–Trinajstić information content (AvgIpc) is 2.80. The maximum absolute atomic E-state index is 11.0. The summed E-state index contributed by atoms with van der Waals surface area (Å²) < 4.78 is 5.47. The van der Waals surface area contributed by atoms with Gasteiger partial charge in [-0.15, -0.1) is 0 Å². The summed E-state index contributed by atoms with van der Waals surface area (Å²) >= 11 is 0.932. The van der Waals surface area contributed by atoms with Gasteiger partial charge in [0.2, 0.25) is 5.82 Å². The SMILES string of the molecule is Nc1ncnc(Sc2nc3ccccc3o2)c1[N+](=O)[O-]. The summed E-state index contributed by atoms with van der Waals surface area (Å²) in [6, 6.07) is 7.18. The molecule has 9 heteroatoms. The van der Waals surface area contributed by atoms with E-state index in [1.54, 1.807) is 12.1 Å². The molecule has 0 aliphatic heterocycles. The Hall–Kier alpha value is -2.68. The molecule has 0 unspecified atom stereocenters. The summed E-state index contributed by atoms with van der Waals surface area (Å²) in [5.74, 6) is -0.191. The van der Waals surface area contributed by atoms with Crippen LogP contribution in [0.15, 0.2) is 45.3 Å². The first-order valence-corrected chi connectivity index (χ1v) is 6.25. The first kappa shape index (κ1) is 12.4. The number of rotatable bonds is 3. The van der Waals surface area contributed by atoms with Crippen molar-refractivity contribution < 1.29 is 9.34 Å². The lowest BCUT2D eigenvalue weighted by Gasteiger charge is -1.99. The highest BCUT2D eigenvalue weighted by Crippen LogP contribution is 2.35. The molecule has 0 saturated heterocycles. The molecule has 0 aliphatic rings. The van der Waals surface area contributed by atoms with Gasteiger partial charge in [0.05, 0.1) is 4.92 Å². The third-order valence-electron chi connectivity index (χ3n) is 2.46. The van der Waals surface area contributed by atoms with Crippen molar-refractivity contribution in [3.05, 3.63) is 40.7 Å². The van der Waals surface area contributed by atoms with Gasteiger partial charge in [0, 0.05) is 0 Å². The third kappa shape index (κ3) is 2.14. The molecule has 1 aromatic carbocycles. The Bertz CT molecular complexity index is 771. The number of benzene rings is 1. The normalized spacial score (nSPS) is 10.8. The quantitative estimate of drug-likeness (QED) is 0.442. The molecule has 2 N–H and O–H groups in total. The second-order valence-corrected chi connectivity index (χ2v) is 4.66. The zero-order valence-electron chi connectivity index (χ0n) is 9.89. The van der Waals surface area contributed by atoms with Crippen LogP contribution in [0, 0.1) is 10.1 Å². The first-order valence-electron chi connectivity index (χ1n) is 5.43. The van der Waals surface area contributed by atoms with Gasteiger partial charge in [-0.2, -0.15) is 0 Å². The lowest BCUT2D eigenvalue weighted by Crippen LogP contribution is -2.01. The fourth-order valence-electron chi connectivity index (χ4n) is 1.60. The van der Waals surface area contributed by atoms with Gasteiger partial charge in [0.15, 0.2) is 10.6 Å². The number of nitrogens with zero attached hydrogens (tertiary/aromatic N) is 4. The molecule has 0 aliphatic carbocycles. The van der Waals surface area contributed by atoms with Crippen LogP contribution in [0.3, 0.4) is 0 Å². The molecule has 100 valence electrons. The smallest absolute Gasteiger partial charge is 0.343 e. The number of nitro groups is 1. The zero-order chi connectivity index (χ0) is 14.1. The molecule has 3 rings (SSSR count). The van der Waals surface area contributed by atoms with E-state index in [4.69, 9.17) is 10.2 Å². The highest BCUT2D eigenvalue weighted by Gasteiger charge is 2.23. The van der Waals surface area contributed by atoms with Gasteiger partial charge in [-0.25, -0.2) is 15.0 Å². The van der Waals surface area contributed by atoms with Gasteiger partial charge >= 0.3 is 5.69 Å². The number of oxazole rings is 1. The van der Waals surface area contributed by atoms with E-state index in [1.807, 2.05) is 12.1 Å². The Morgan fingerprint density at radius 1 is 1.30 bits per heavy atom. The minimum absolute atomic E-state index is 0.0917. The summed E-state index contributed by atoms with van der Waals surface area (Å²) in [6.07, 6.45) is 1.16. The summed E-state index contributed by atoms with van der Waals surface area (Å²) in [6.45, 7) is 0. The van der Waals surface area contributed by atoms with E-state index in [0.29, 0.717) is 11.1 Å². The number of hydrogen-bond acceptors (Lipinski definition) is 8. The van der Waals surface area contributed by atoms with E-state index in [9.17, 15) is 10.1 Å². The Kier molecular flexibility index (Phi) is 2.95. The summed E-state index contributed by atoms with van der Waals surface area (Å²) in [4.78, 5) is 22.0. The summed E-state index contributed by atoms with van der Waals surface area (Å²) in [5, 5.41) is 11.3. The summed E-state index contributed by atoms with van der Waals surface area (Å²) in [7, 11) is 0.